The number of H-pyrrole nitrogens is 1. The van der Waals surface area contributed by atoms with Crippen LogP contribution in [0.25, 0.3) is 11.4 Å². The minimum absolute atomic E-state index is 0.0675. The van der Waals surface area contributed by atoms with Crippen molar-refractivity contribution in [3.8, 4) is 11.4 Å². The van der Waals surface area contributed by atoms with E-state index in [1.807, 2.05) is 0 Å². The van der Waals surface area contributed by atoms with Gasteiger partial charge in [-0.2, -0.15) is 0 Å². The van der Waals surface area contributed by atoms with E-state index >= 15 is 0 Å². The number of halogens is 2. The van der Waals surface area contributed by atoms with Crippen molar-refractivity contribution in [2.24, 2.45) is 0 Å². The van der Waals surface area contributed by atoms with Crippen LogP contribution in [0.1, 0.15) is 10.4 Å². The molecule has 116 valence electrons. The number of Topliss-reactive ketones (excluding diaryl/α,β-unsaturated/α-hetero) is 1. The van der Waals surface area contributed by atoms with Crippen molar-refractivity contribution < 1.29 is 13.6 Å². The fraction of sp³-hybridized carbons (Fsp3) is 0.0625. The summed E-state index contributed by atoms with van der Waals surface area (Å²) >= 11 is 1.10. The molecule has 23 heavy (non-hydrogen) atoms. The molecule has 0 radical (unpaired) electrons. The number of nitrogens with one attached hydrogen (secondary N) is 1. The van der Waals surface area contributed by atoms with Gasteiger partial charge in [0, 0.05) is 5.56 Å². The summed E-state index contributed by atoms with van der Waals surface area (Å²) in [6.07, 6.45) is 0. The lowest BCUT2D eigenvalue weighted by molar-refractivity contribution is 0.102. The van der Waals surface area contributed by atoms with Gasteiger partial charge in [-0.25, -0.2) is 13.8 Å². The Hall–Kier alpha value is -2.54. The van der Waals surface area contributed by atoms with Crippen molar-refractivity contribution in [2.45, 2.75) is 5.16 Å². The summed E-state index contributed by atoms with van der Waals surface area (Å²) in [5.41, 5.74) is 0.602. The van der Waals surface area contributed by atoms with E-state index in [1.165, 1.54) is 24.3 Å². The van der Waals surface area contributed by atoms with Crippen molar-refractivity contribution in [2.75, 3.05) is 5.75 Å². The number of nitrogens with zero attached hydrogens (tertiary/aromatic N) is 2. The summed E-state index contributed by atoms with van der Waals surface area (Å²) < 4.78 is 26.8. The van der Waals surface area contributed by atoms with Gasteiger partial charge in [0.15, 0.2) is 11.6 Å². The Morgan fingerprint density at radius 2 is 1.96 bits per heavy atom. The number of ketones is 1. The molecule has 0 saturated carbocycles. The molecule has 0 atom stereocenters. The molecule has 3 aromatic rings. The smallest absolute Gasteiger partial charge is 0.209 e. The van der Waals surface area contributed by atoms with Gasteiger partial charge in [-0.3, -0.25) is 9.89 Å². The predicted octanol–water partition coefficient (Wildman–Crippen LogP) is 3.72. The van der Waals surface area contributed by atoms with Crippen LogP contribution in [0.3, 0.4) is 0 Å². The molecule has 1 aromatic heterocycles. The average Bonchev–Trinajstić information content (AvgIpc) is 3.02. The molecule has 0 amide bonds. The summed E-state index contributed by atoms with van der Waals surface area (Å²) in [4.78, 5) is 16.1. The highest BCUT2D eigenvalue weighted by molar-refractivity contribution is 7.99. The van der Waals surface area contributed by atoms with Crippen molar-refractivity contribution in [3.63, 3.8) is 0 Å². The number of aromatic amines is 1. The van der Waals surface area contributed by atoms with Crippen molar-refractivity contribution in [1.82, 2.24) is 15.2 Å². The first kappa shape index (κ1) is 15.4. The van der Waals surface area contributed by atoms with E-state index in [0.29, 0.717) is 22.1 Å². The molecule has 3 rings (SSSR count). The number of aromatic nitrogens is 3. The predicted molar refractivity (Wildman–Crippen MR) is 83.2 cm³/mol. The summed E-state index contributed by atoms with van der Waals surface area (Å²) in [6.45, 7) is 0. The molecule has 0 fully saturated rings. The molecule has 0 aliphatic rings. The molecule has 4 nitrogen and oxygen atoms in total. The lowest BCUT2D eigenvalue weighted by Crippen LogP contribution is -2.02. The van der Waals surface area contributed by atoms with Gasteiger partial charge in [-0.1, -0.05) is 36.0 Å². The Kier molecular flexibility index (Phi) is 4.47. The zero-order valence-electron chi connectivity index (χ0n) is 11.8. The molecular weight excluding hydrogens is 320 g/mol. The number of thioether (sulfide) groups is 1. The zero-order valence-corrected chi connectivity index (χ0v) is 12.6. The van der Waals surface area contributed by atoms with Gasteiger partial charge < -0.3 is 0 Å². The van der Waals surface area contributed by atoms with E-state index in [9.17, 15) is 13.6 Å². The maximum Gasteiger partial charge on any atom is 0.209 e. The monoisotopic (exact) mass is 331 g/mol. The Bertz CT molecular complexity index is 851. The van der Waals surface area contributed by atoms with Crippen LogP contribution in [-0.2, 0) is 0 Å². The van der Waals surface area contributed by atoms with Crippen molar-refractivity contribution in [1.29, 1.82) is 0 Å². The van der Waals surface area contributed by atoms with E-state index in [1.54, 1.807) is 24.3 Å². The maximum atomic E-state index is 13.7. The van der Waals surface area contributed by atoms with Gasteiger partial charge in [0.2, 0.25) is 5.16 Å². The van der Waals surface area contributed by atoms with Crippen molar-refractivity contribution >= 4 is 17.5 Å². The lowest BCUT2D eigenvalue weighted by atomic mass is 10.1. The third-order valence-corrected chi connectivity index (χ3v) is 3.92. The molecular formula is C16H11F2N3OS. The van der Waals surface area contributed by atoms with Crippen LogP contribution < -0.4 is 0 Å². The standard InChI is InChI=1S/C16H11F2N3OS/c17-11-5-3-4-10(8-11)14(22)9-23-16-19-15(20-21-16)12-6-1-2-7-13(12)18/h1-8H,9H2,(H,19,20,21). The Morgan fingerprint density at radius 1 is 1.13 bits per heavy atom. The average molecular weight is 331 g/mol. The molecule has 0 saturated heterocycles. The molecule has 1 heterocycles. The lowest BCUT2D eigenvalue weighted by Gasteiger charge is -1.99. The highest BCUT2D eigenvalue weighted by Gasteiger charge is 2.12. The Labute approximate surface area is 135 Å². The van der Waals surface area contributed by atoms with Gasteiger partial charge in [0.05, 0.1) is 11.3 Å². The van der Waals surface area contributed by atoms with Crippen LogP contribution in [0.4, 0.5) is 8.78 Å². The van der Waals surface area contributed by atoms with Crippen LogP contribution in [-0.4, -0.2) is 26.7 Å². The second-order valence-corrected chi connectivity index (χ2v) is 5.61. The molecule has 2 aromatic carbocycles. The summed E-state index contributed by atoms with van der Waals surface area (Å²) in [5.74, 6) is -0.731. The highest BCUT2D eigenvalue weighted by atomic mass is 32.2. The molecule has 0 unspecified atom stereocenters. The Balaban J connectivity index is 1.68. The Morgan fingerprint density at radius 3 is 2.74 bits per heavy atom. The van der Waals surface area contributed by atoms with Crippen LogP contribution in [0.5, 0.6) is 0 Å². The van der Waals surface area contributed by atoms with Gasteiger partial charge in [0.25, 0.3) is 0 Å². The highest BCUT2D eigenvalue weighted by Crippen LogP contribution is 2.22. The van der Waals surface area contributed by atoms with Crippen LogP contribution in [0.15, 0.2) is 53.7 Å². The number of hydrogen-bond donors (Lipinski definition) is 1. The number of benzene rings is 2. The van der Waals surface area contributed by atoms with E-state index in [2.05, 4.69) is 15.2 Å². The maximum absolute atomic E-state index is 13.7. The first-order chi connectivity index (χ1) is 11.1. The van der Waals surface area contributed by atoms with E-state index in [4.69, 9.17) is 0 Å². The van der Waals surface area contributed by atoms with Gasteiger partial charge in [-0.05, 0) is 24.3 Å². The molecule has 0 spiro atoms. The van der Waals surface area contributed by atoms with Crippen LogP contribution >= 0.6 is 11.8 Å². The molecule has 0 aliphatic heterocycles. The van der Waals surface area contributed by atoms with E-state index in [-0.39, 0.29) is 11.5 Å². The van der Waals surface area contributed by atoms with Gasteiger partial charge >= 0.3 is 0 Å². The molecule has 1 N–H and O–H groups in total. The first-order valence-corrected chi connectivity index (χ1v) is 7.71. The second kappa shape index (κ2) is 6.70. The van der Waals surface area contributed by atoms with Crippen molar-refractivity contribution in [3.05, 3.63) is 65.7 Å². The fourth-order valence-electron chi connectivity index (χ4n) is 1.96. The molecule has 0 aliphatic carbocycles. The van der Waals surface area contributed by atoms with Gasteiger partial charge in [0.1, 0.15) is 11.6 Å². The topological polar surface area (TPSA) is 58.6 Å². The molecule has 0 bridgehead atoms. The zero-order chi connectivity index (χ0) is 16.2. The van der Waals surface area contributed by atoms with E-state index in [0.717, 1.165) is 11.8 Å². The minimum atomic E-state index is -0.458. The largest absolute Gasteiger partial charge is 0.293 e. The van der Waals surface area contributed by atoms with E-state index < -0.39 is 11.6 Å². The fourth-order valence-corrected chi connectivity index (χ4v) is 2.65. The summed E-state index contributed by atoms with van der Waals surface area (Å²) in [5, 5.41) is 6.92. The third-order valence-electron chi connectivity index (χ3n) is 3.07. The molecule has 7 heteroatoms. The first-order valence-electron chi connectivity index (χ1n) is 6.72. The third kappa shape index (κ3) is 3.62. The van der Waals surface area contributed by atoms with Crippen LogP contribution in [0.2, 0.25) is 0 Å². The number of carbonyl (C=O) groups excluding carboxylic acids is 1. The minimum Gasteiger partial charge on any atom is -0.293 e. The van der Waals surface area contributed by atoms with Crippen LogP contribution in [0, 0.1) is 11.6 Å². The second-order valence-electron chi connectivity index (χ2n) is 4.67. The van der Waals surface area contributed by atoms with Gasteiger partial charge in [-0.15, -0.1) is 5.10 Å². The quantitative estimate of drug-likeness (QED) is 0.572. The normalized spacial score (nSPS) is 10.7. The summed E-state index contributed by atoms with van der Waals surface area (Å²) in [7, 11) is 0. The number of hydrogen-bond acceptors (Lipinski definition) is 4. The number of rotatable bonds is 5. The SMILES string of the molecule is O=C(CSc1n[nH]c(-c2ccccc2F)n1)c1cccc(F)c1. The number of carbonyl (C=O) groups is 1. The summed E-state index contributed by atoms with van der Waals surface area (Å²) in [6, 6.07) is 11.7.